The average Bonchev–Trinajstić information content (AvgIpc) is 3.52. The third kappa shape index (κ3) is 11.9. The van der Waals surface area contributed by atoms with Crippen molar-refractivity contribution in [3.8, 4) is 11.5 Å². The number of hydrogen-bond donors (Lipinski definition) is 1. The van der Waals surface area contributed by atoms with Crippen molar-refractivity contribution in [2.24, 2.45) is 17.8 Å². The molecule has 280 valence electrons. The first-order valence-corrected chi connectivity index (χ1v) is 19.2. The maximum Gasteiger partial charge on any atom is 0.410 e. The summed E-state index contributed by atoms with van der Waals surface area (Å²) in [5, 5.41) is 0.664. The molecular weight excluding hydrogens is 668 g/mol. The van der Waals surface area contributed by atoms with E-state index in [1.54, 1.807) is 0 Å². The second-order valence-electron chi connectivity index (χ2n) is 15.6. The number of aryl methyl sites for hydroxylation is 1. The van der Waals surface area contributed by atoms with Crippen LogP contribution in [0.25, 0.3) is 11.0 Å². The predicted octanol–water partition coefficient (Wildman–Crippen LogP) is 9.43. The maximum atomic E-state index is 12.6. The van der Waals surface area contributed by atoms with Crippen molar-refractivity contribution in [2.75, 3.05) is 39.4 Å². The Morgan fingerprint density at radius 1 is 0.922 bits per heavy atom. The molecule has 2 fully saturated rings. The third-order valence-corrected chi connectivity index (χ3v) is 9.83. The number of amides is 2. The molecule has 3 heterocycles. The number of carbonyl (C=O) groups excluding carboxylic acids is 2. The molecule has 0 radical (unpaired) electrons. The molecule has 2 saturated heterocycles. The number of likely N-dealkylation sites (tertiary alicyclic amines) is 2. The van der Waals surface area contributed by atoms with Gasteiger partial charge in [-0.3, -0.25) is 0 Å². The quantitative estimate of drug-likeness (QED) is 0.165. The number of aromatic amines is 1. The predicted molar refractivity (Wildman–Crippen MR) is 201 cm³/mol. The molecule has 0 aliphatic carbocycles. The van der Waals surface area contributed by atoms with Crippen molar-refractivity contribution in [2.45, 2.75) is 105 Å². The fourth-order valence-electron chi connectivity index (χ4n) is 6.91. The van der Waals surface area contributed by atoms with Gasteiger partial charge in [0.15, 0.2) is 0 Å². The summed E-state index contributed by atoms with van der Waals surface area (Å²) in [4.78, 5) is 37.2. The zero-order valence-electron chi connectivity index (χ0n) is 31.2. The van der Waals surface area contributed by atoms with Crippen LogP contribution in [0.1, 0.15) is 97.4 Å². The van der Waals surface area contributed by atoms with Crippen molar-refractivity contribution in [3.63, 3.8) is 0 Å². The summed E-state index contributed by atoms with van der Waals surface area (Å²) in [5.74, 6) is 3.64. The van der Waals surface area contributed by atoms with Crippen molar-refractivity contribution in [1.29, 1.82) is 0 Å². The average molecular weight is 725 g/mol. The van der Waals surface area contributed by atoms with Gasteiger partial charge in [0.05, 0.1) is 18.7 Å². The Balaban J connectivity index is 1.18. The zero-order chi connectivity index (χ0) is 36.4. The van der Waals surface area contributed by atoms with Crippen LogP contribution in [0.2, 0.25) is 5.02 Å². The van der Waals surface area contributed by atoms with E-state index in [0.29, 0.717) is 42.6 Å². The van der Waals surface area contributed by atoms with Crippen molar-refractivity contribution < 1.29 is 28.5 Å². The van der Waals surface area contributed by atoms with Crippen LogP contribution in [-0.2, 0) is 22.5 Å². The Labute approximate surface area is 308 Å². The third-order valence-electron chi connectivity index (χ3n) is 9.57. The molecule has 1 aromatic heterocycles. The summed E-state index contributed by atoms with van der Waals surface area (Å²) in [6.45, 7) is 14.2. The lowest BCUT2D eigenvalue weighted by molar-refractivity contribution is 0.0179. The van der Waals surface area contributed by atoms with Gasteiger partial charge in [-0.2, -0.15) is 0 Å². The Kier molecular flexibility index (Phi) is 13.8. The highest BCUT2D eigenvalue weighted by Crippen LogP contribution is 2.32. The van der Waals surface area contributed by atoms with Gasteiger partial charge in [-0.05, 0) is 132 Å². The first-order chi connectivity index (χ1) is 24.4. The number of nitrogens with one attached hydrogen (secondary N) is 1. The Morgan fingerprint density at radius 3 is 2.39 bits per heavy atom. The fourth-order valence-corrected chi connectivity index (χ4v) is 7.03. The summed E-state index contributed by atoms with van der Waals surface area (Å²) in [6, 6.07) is 11.5. The minimum atomic E-state index is -0.481. The van der Waals surface area contributed by atoms with E-state index in [-0.39, 0.29) is 12.2 Å². The fraction of sp³-hybridized carbons (Fsp3) is 0.625. The number of aromatic nitrogens is 2. The van der Waals surface area contributed by atoms with Gasteiger partial charge >= 0.3 is 12.2 Å². The molecule has 2 aliphatic rings. The van der Waals surface area contributed by atoms with E-state index in [2.05, 4.69) is 31.0 Å². The lowest BCUT2D eigenvalue weighted by Gasteiger charge is -2.33. The highest BCUT2D eigenvalue weighted by atomic mass is 35.5. The summed E-state index contributed by atoms with van der Waals surface area (Å²) in [5.41, 5.74) is 2.41. The van der Waals surface area contributed by atoms with Crippen molar-refractivity contribution in [1.82, 2.24) is 19.8 Å². The van der Waals surface area contributed by atoms with E-state index in [9.17, 15) is 9.59 Å². The summed E-state index contributed by atoms with van der Waals surface area (Å²) in [7, 11) is 0. The monoisotopic (exact) mass is 724 g/mol. The van der Waals surface area contributed by atoms with Gasteiger partial charge in [-0.1, -0.05) is 31.5 Å². The minimum Gasteiger partial charge on any atom is -0.491 e. The van der Waals surface area contributed by atoms with Crippen molar-refractivity contribution >= 4 is 34.8 Å². The van der Waals surface area contributed by atoms with E-state index in [0.717, 1.165) is 118 Å². The summed E-state index contributed by atoms with van der Waals surface area (Å²) < 4.78 is 23.6. The molecule has 0 saturated carbocycles. The molecule has 2 aromatic carbocycles. The molecule has 1 N–H and O–H groups in total. The van der Waals surface area contributed by atoms with Gasteiger partial charge in [-0.15, -0.1) is 0 Å². The number of rotatable bonds is 14. The summed E-state index contributed by atoms with van der Waals surface area (Å²) in [6.07, 6.45) is 8.56. The van der Waals surface area contributed by atoms with E-state index in [1.165, 1.54) is 0 Å². The number of carbonyl (C=O) groups is 2. The molecule has 2 amide bonds. The zero-order valence-corrected chi connectivity index (χ0v) is 31.9. The Bertz CT molecular complexity index is 1560. The van der Waals surface area contributed by atoms with Crippen LogP contribution in [0.5, 0.6) is 11.5 Å². The van der Waals surface area contributed by atoms with Gasteiger partial charge in [0.2, 0.25) is 0 Å². The number of ether oxygens (including phenoxy) is 4. The number of fused-ring (bicyclic) bond motifs is 1. The Morgan fingerprint density at radius 2 is 1.67 bits per heavy atom. The number of H-pyrrole nitrogens is 1. The molecule has 10 nitrogen and oxygen atoms in total. The molecule has 2 aliphatic heterocycles. The molecular formula is C40H57ClN4O6. The number of hydrogen-bond acceptors (Lipinski definition) is 7. The van der Waals surface area contributed by atoms with Crippen LogP contribution >= 0.6 is 11.6 Å². The van der Waals surface area contributed by atoms with Gasteiger partial charge in [0, 0.05) is 31.2 Å². The Hall–Kier alpha value is -3.66. The van der Waals surface area contributed by atoms with Gasteiger partial charge in [-0.25, -0.2) is 14.6 Å². The maximum absolute atomic E-state index is 12.6. The largest absolute Gasteiger partial charge is 0.491 e. The minimum absolute atomic E-state index is 0.183. The first kappa shape index (κ1) is 38.6. The second kappa shape index (κ2) is 18.2. The van der Waals surface area contributed by atoms with Crippen LogP contribution < -0.4 is 9.47 Å². The molecule has 51 heavy (non-hydrogen) atoms. The number of nitrogens with zero attached hydrogens (tertiary/aromatic N) is 3. The van der Waals surface area contributed by atoms with E-state index >= 15 is 0 Å². The van der Waals surface area contributed by atoms with Crippen LogP contribution in [-0.4, -0.2) is 76.9 Å². The normalized spacial score (nSPS) is 17.2. The highest BCUT2D eigenvalue weighted by molar-refractivity contribution is 6.30. The standard InChI is InChI=1S/C40H57ClN4O6/c1-28(2)26-50-38(46)45-21-7-10-30(25-45)9-6-12-31-13-18-34-36(43-35(42-34)27-49-33-16-14-32(41)15-17-33)37(31)48-24-8-11-29-19-22-44(23-20-29)39(47)51-40(3,4)5/h13-18,28-30H,6-12,19-27H2,1-5H3,(H,42,43). The lowest BCUT2D eigenvalue weighted by Crippen LogP contribution is -2.41. The molecule has 1 atom stereocenters. The van der Waals surface area contributed by atoms with Gasteiger partial charge < -0.3 is 33.7 Å². The molecule has 1 unspecified atom stereocenters. The SMILES string of the molecule is CC(C)COC(=O)N1CCCC(CCCc2ccc3[nH]c(COc4ccc(Cl)cc4)nc3c2OCCCC2CCN(C(=O)OC(C)(C)C)CC2)C1. The summed E-state index contributed by atoms with van der Waals surface area (Å²) >= 11 is 6.04. The number of piperidine rings is 2. The molecule has 3 aromatic rings. The van der Waals surface area contributed by atoms with E-state index < -0.39 is 5.60 Å². The van der Waals surface area contributed by atoms with Crippen molar-refractivity contribution in [3.05, 3.63) is 52.8 Å². The first-order valence-electron chi connectivity index (χ1n) is 18.8. The second-order valence-corrected chi connectivity index (χ2v) is 16.0. The molecule has 5 rings (SSSR count). The van der Waals surface area contributed by atoms with Crippen LogP contribution in [0.3, 0.4) is 0 Å². The topological polar surface area (TPSA) is 106 Å². The number of imidazole rings is 1. The molecule has 0 bridgehead atoms. The number of halogens is 1. The smallest absolute Gasteiger partial charge is 0.410 e. The van der Waals surface area contributed by atoms with Crippen LogP contribution in [0, 0.1) is 17.8 Å². The van der Waals surface area contributed by atoms with Gasteiger partial charge in [0.1, 0.15) is 35.0 Å². The molecule has 0 spiro atoms. The molecule has 11 heteroatoms. The number of benzene rings is 2. The lowest BCUT2D eigenvalue weighted by atomic mass is 9.92. The van der Waals surface area contributed by atoms with Crippen LogP contribution in [0.4, 0.5) is 9.59 Å². The highest BCUT2D eigenvalue weighted by Gasteiger charge is 2.27. The van der Waals surface area contributed by atoms with Gasteiger partial charge in [0.25, 0.3) is 0 Å². The van der Waals surface area contributed by atoms with Crippen LogP contribution in [0.15, 0.2) is 36.4 Å². The van der Waals surface area contributed by atoms with E-state index in [4.69, 9.17) is 35.5 Å². The van der Waals surface area contributed by atoms with E-state index in [1.807, 2.05) is 54.8 Å².